The van der Waals surface area contributed by atoms with Crippen LogP contribution in [0.5, 0.6) is 0 Å². The van der Waals surface area contributed by atoms with Gasteiger partial charge < -0.3 is 4.79 Å². The number of rotatable bonds is 2. The number of carbonyl (C=O) groups is 1. The number of aldehydes is 1. The molecule has 13 heavy (non-hydrogen) atoms. The number of hydrogen-bond acceptors (Lipinski definition) is 1. The van der Waals surface area contributed by atoms with E-state index in [1.807, 2.05) is 18.2 Å². The monoisotopic (exact) mass is 238 g/mol. The zero-order chi connectivity index (χ0) is 9.47. The average molecular weight is 239 g/mol. The Morgan fingerprint density at radius 1 is 1.54 bits per heavy atom. The smallest absolute Gasteiger partial charge is 0.123 e. The van der Waals surface area contributed by atoms with Gasteiger partial charge in [-0.3, -0.25) is 0 Å². The first kappa shape index (κ1) is 8.95. The number of hydrogen-bond donors (Lipinski definition) is 0. The summed E-state index contributed by atoms with van der Waals surface area (Å²) in [7, 11) is 0. The molecule has 2 unspecified atom stereocenters. The summed E-state index contributed by atoms with van der Waals surface area (Å²) >= 11 is 3.51. The van der Waals surface area contributed by atoms with Crippen LogP contribution < -0.4 is 0 Å². The van der Waals surface area contributed by atoms with Crippen molar-refractivity contribution in [2.75, 3.05) is 0 Å². The van der Waals surface area contributed by atoms with E-state index in [-0.39, 0.29) is 11.3 Å². The molecule has 0 amide bonds. The van der Waals surface area contributed by atoms with Gasteiger partial charge in [0.1, 0.15) is 6.29 Å². The van der Waals surface area contributed by atoms with Crippen molar-refractivity contribution >= 4 is 22.2 Å². The summed E-state index contributed by atoms with van der Waals surface area (Å²) in [5, 5.41) is 0. The highest BCUT2D eigenvalue weighted by molar-refractivity contribution is 9.10. The van der Waals surface area contributed by atoms with Crippen LogP contribution in [0.2, 0.25) is 0 Å². The summed E-state index contributed by atoms with van der Waals surface area (Å²) in [5.41, 5.74) is 1.34. The third-order valence-electron chi connectivity index (χ3n) is 2.96. The van der Waals surface area contributed by atoms with Crippen molar-refractivity contribution in [3.05, 3.63) is 34.3 Å². The minimum atomic E-state index is 0.0852. The summed E-state index contributed by atoms with van der Waals surface area (Å²) in [4.78, 5) is 10.7. The second kappa shape index (κ2) is 2.95. The van der Waals surface area contributed by atoms with Crippen LogP contribution in [-0.2, 0) is 10.2 Å². The second-order valence-electron chi connectivity index (χ2n) is 3.84. The highest BCUT2D eigenvalue weighted by atomic mass is 79.9. The van der Waals surface area contributed by atoms with Crippen LogP contribution in [0.4, 0.5) is 0 Å². The molecular formula is C11H11BrO. The van der Waals surface area contributed by atoms with Crippen LogP contribution in [0.1, 0.15) is 18.9 Å². The van der Waals surface area contributed by atoms with Gasteiger partial charge in [-0.1, -0.05) is 41.1 Å². The lowest BCUT2D eigenvalue weighted by atomic mass is 9.96. The molecule has 1 fully saturated rings. The van der Waals surface area contributed by atoms with Gasteiger partial charge in [-0.05, 0) is 18.1 Å². The van der Waals surface area contributed by atoms with Crippen molar-refractivity contribution in [3.63, 3.8) is 0 Å². The van der Waals surface area contributed by atoms with Gasteiger partial charge in [0.15, 0.2) is 0 Å². The normalized spacial score (nSPS) is 31.4. The fourth-order valence-corrected chi connectivity index (χ4v) is 2.57. The maximum Gasteiger partial charge on any atom is 0.123 e. The lowest BCUT2D eigenvalue weighted by molar-refractivity contribution is -0.109. The minimum Gasteiger partial charge on any atom is -0.303 e. The first-order valence-electron chi connectivity index (χ1n) is 4.39. The molecule has 0 aromatic heterocycles. The Balaban J connectivity index is 2.37. The summed E-state index contributed by atoms with van der Waals surface area (Å²) in [6.45, 7) is 2.14. The van der Waals surface area contributed by atoms with Crippen LogP contribution >= 0.6 is 15.9 Å². The highest BCUT2D eigenvalue weighted by Crippen LogP contribution is 2.54. The molecule has 0 bridgehead atoms. The Labute approximate surface area is 86.3 Å². The molecule has 1 nitrogen and oxygen atoms in total. The summed E-state index contributed by atoms with van der Waals surface area (Å²) in [5.74, 6) is 0.214. The maximum atomic E-state index is 10.7. The number of carbonyl (C=O) groups excluding carboxylic acids is 1. The fourth-order valence-electron chi connectivity index (χ4n) is 1.83. The summed E-state index contributed by atoms with van der Waals surface area (Å²) < 4.78 is 1.11. The highest BCUT2D eigenvalue weighted by Gasteiger charge is 2.51. The van der Waals surface area contributed by atoms with E-state index in [4.69, 9.17) is 0 Å². The predicted octanol–water partition coefficient (Wildman–Crippen LogP) is 2.93. The van der Waals surface area contributed by atoms with Gasteiger partial charge in [-0.15, -0.1) is 0 Å². The van der Waals surface area contributed by atoms with E-state index >= 15 is 0 Å². The van der Waals surface area contributed by atoms with E-state index in [1.54, 1.807) is 0 Å². The van der Waals surface area contributed by atoms with E-state index in [0.717, 1.165) is 17.2 Å². The van der Waals surface area contributed by atoms with Gasteiger partial charge >= 0.3 is 0 Å². The molecule has 0 heterocycles. The second-order valence-corrected chi connectivity index (χ2v) is 4.70. The molecule has 1 aliphatic carbocycles. The van der Waals surface area contributed by atoms with Crippen LogP contribution in [-0.4, -0.2) is 6.29 Å². The molecule has 0 spiro atoms. The van der Waals surface area contributed by atoms with Gasteiger partial charge in [0.2, 0.25) is 0 Å². The molecule has 2 rings (SSSR count). The van der Waals surface area contributed by atoms with Crippen molar-refractivity contribution < 1.29 is 4.79 Å². The predicted molar refractivity (Wildman–Crippen MR) is 55.7 cm³/mol. The summed E-state index contributed by atoms with van der Waals surface area (Å²) in [6, 6.07) is 8.13. The molecule has 0 saturated heterocycles. The first-order valence-corrected chi connectivity index (χ1v) is 5.18. The lowest BCUT2D eigenvalue weighted by Crippen LogP contribution is -2.05. The maximum absolute atomic E-state index is 10.7. The topological polar surface area (TPSA) is 17.1 Å². The molecule has 0 aliphatic heterocycles. The molecule has 1 aliphatic rings. The van der Waals surface area contributed by atoms with Crippen LogP contribution in [0.3, 0.4) is 0 Å². The Morgan fingerprint density at radius 3 is 2.77 bits per heavy atom. The lowest BCUT2D eigenvalue weighted by Gasteiger charge is -2.11. The molecule has 2 heteroatoms. The van der Waals surface area contributed by atoms with Crippen molar-refractivity contribution in [2.45, 2.75) is 18.8 Å². The van der Waals surface area contributed by atoms with Crippen LogP contribution in [0, 0.1) is 5.92 Å². The van der Waals surface area contributed by atoms with Crippen LogP contribution in [0.25, 0.3) is 0 Å². The molecule has 0 radical (unpaired) electrons. The molecule has 1 aromatic carbocycles. The van der Waals surface area contributed by atoms with Gasteiger partial charge in [-0.25, -0.2) is 0 Å². The number of halogens is 1. The van der Waals surface area contributed by atoms with Gasteiger partial charge in [0, 0.05) is 15.8 Å². The fraction of sp³-hybridized carbons (Fsp3) is 0.364. The third kappa shape index (κ3) is 1.33. The minimum absolute atomic E-state index is 0.0852. The Morgan fingerprint density at radius 2 is 2.23 bits per heavy atom. The van der Waals surface area contributed by atoms with E-state index in [0.29, 0.717) is 0 Å². The standard InChI is InChI=1S/C11H11BrO/c1-11(6-8(11)7-13)9-4-2-3-5-10(9)12/h2-5,7-8H,6H2,1H3. The van der Waals surface area contributed by atoms with Crippen molar-refractivity contribution in [1.29, 1.82) is 0 Å². The van der Waals surface area contributed by atoms with Gasteiger partial charge in [0.05, 0.1) is 0 Å². The van der Waals surface area contributed by atoms with Gasteiger partial charge in [0.25, 0.3) is 0 Å². The molecular weight excluding hydrogens is 228 g/mol. The van der Waals surface area contributed by atoms with E-state index < -0.39 is 0 Å². The Hall–Kier alpha value is -0.630. The Bertz CT molecular complexity index is 348. The Kier molecular flexibility index (Phi) is 2.03. The van der Waals surface area contributed by atoms with Gasteiger partial charge in [-0.2, -0.15) is 0 Å². The first-order chi connectivity index (χ1) is 6.18. The number of benzene rings is 1. The molecule has 68 valence electrons. The van der Waals surface area contributed by atoms with E-state index in [2.05, 4.69) is 28.9 Å². The average Bonchev–Trinajstić information content (AvgIpc) is 2.79. The van der Waals surface area contributed by atoms with E-state index in [1.165, 1.54) is 5.56 Å². The van der Waals surface area contributed by atoms with Crippen molar-refractivity contribution in [2.24, 2.45) is 5.92 Å². The largest absolute Gasteiger partial charge is 0.303 e. The van der Waals surface area contributed by atoms with Crippen molar-refractivity contribution in [1.82, 2.24) is 0 Å². The SMILES string of the molecule is CC1(c2ccccc2Br)CC1C=O. The van der Waals surface area contributed by atoms with Crippen molar-refractivity contribution in [3.8, 4) is 0 Å². The molecule has 0 N–H and O–H groups in total. The van der Waals surface area contributed by atoms with E-state index in [9.17, 15) is 4.79 Å². The zero-order valence-electron chi connectivity index (χ0n) is 7.46. The quantitative estimate of drug-likeness (QED) is 0.725. The zero-order valence-corrected chi connectivity index (χ0v) is 9.04. The molecule has 2 atom stereocenters. The molecule has 1 aromatic rings. The van der Waals surface area contributed by atoms with Crippen LogP contribution in [0.15, 0.2) is 28.7 Å². The third-order valence-corrected chi connectivity index (χ3v) is 3.65. The molecule has 1 saturated carbocycles. The summed E-state index contributed by atoms with van der Waals surface area (Å²) in [6.07, 6.45) is 2.05.